The van der Waals surface area contributed by atoms with Gasteiger partial charge in [-0.2, -0.15) is 18.2 Å². The minimum Gasteiger partial charge on any atom is -0.291 e. The van der Waals surface area contributed by atoms with Gasteiger partial charge < -0.3 is 0 Å². The van der Waals surface area contributed by atoms with Gasteiger partial charge in [-0.1, -0.05) is 30.3 Å². The van der Waals surface area contributed by atoms with E-state index in [0.717, 1.165) is 12.1 Å². The summed E-state index contributed by atoms with van der Waals surface area (Å²) in [6.07, 6.45) is -4.40. The van der Waals surface area contributed by atoms with E-state index in [1.54, 1.807) is 37.4 Å². The maximum Gasteiger partial charge on any atom is 0.416 e. The third-order valence-electron chi connectivity index (χ3n) is 3.49. The van der Waals surface area contributed by atoms with Crippen LogP contribution in [0.25, 0.3) is 11.4 Å². The lowest BCUT2D eigenvalue weighted by Crippen LogP contribution is -2.15. The van der Waals surface area contributed by atoms with Crippen LogP contribution in [0.4, 0.5) is 19.1 Å². The molecule has 3 aromatic rings. The molecule has 0 saturated carbocycles. The Balaban J connectivity index is 1.82. The topological polar surface area (TPSA) is 59.8 Å². The molecular formula is C17H13F3N4O. The molecule has 3 rings (SSSR count). The number of alkyl halides is 3. The summed E-state index contributed by atoms with van der Waals surface area (Å²) in [4.78, 5) is 16.3. The van der Waals surface area contributed by atoms with Gasteiger partial charge in [-0.15, -0.1) is 5.10 Å². The molecule has 128 valence electrons. The monoisotopic (exact) mass is 346 g/mol. The van der Waals surface area contributed by atoms with Gasteiger partial charge in [0.05, 0.1) is 5.56 Å². The second-order valence-electron chi connectivity index (χ2n) is 5.28. The van der Waals surface area contributed by atoms with E-state index in [4.69, 9.17) is 0 Å². The van der Waals surface area contributed by atoms with Crippen LogP contribution in [0.2, 0.25) is 0 Å². The molecule has 0 saturated heterocycles. The maximum atomic E-state index is 12.6. The Morgan fingerprint density at radius 1 is 1.04 bits per heavy atom. The van der Waals surface area contributed by atoms with Gasteiger partial charge in [0.2, 0.25) is 5.95 Å². The van der Waals surface area contributed by atoms with Crippen molar-refractivity contribution < 1.29 is 18.0 Å². The van der Waals surface area contributed by atoms with Crippen molar-refractivity contribution >= 4 is 11.9 Å². The number of anilines is 1. The van der Waals surface area contributed by atoms with Crippen molar-refractivity contribution in [2.75, 3.05) is 5.32 Å². The first-order valence-electron chi connectivity index (χ1n) is 7.29. The molecule has 1 N–H and O–H groups in total. The maximum absolute atomic E-state index is 12.6. The van der Waals surface area contributed by atoms with Crippen LogP contribution in [-0.4, -0.2) is 20.7 Å². The predicted octanol–water partition coefficient (Wildman–Crippen LogP) is 3.75. The van der Waals surface area contributed by atoms with Gasteiger partial charge in [-0.05, 0) is 24.3 Å². The van der Waals surface area contributed by atoms with Crippen LogP contribution in [0, 0.1) is 0 Å². The van der Waals surface area contributed by atoms with Crippen molar-refractivity contribution in [2.45, 2.75) is 6.18 Å². The smallest absolute Gasteiger partial charge is 0.291 e. The van der Waals surface area contributed by atoms with Crippen LogP contribution in [0.1, 0.15) is 15.9 Å². The fourth-order valence-electron chi connectivity index (χ4n) is 2.19. The van der Waals surface area contributed by atoms with Gasteiger partial charge in [0.25, 0.3) is 5.91 Å². The molecule has 1 amide bonds. The lowest BCUT2D eigenvalue weighted by molar-refractivity contribution is -0.137. The molecule has 0 aliphatic carbocycles. The summed E-state index contributed by atoms with van der Waals surface area (Å²) in [5, 5.41) is 6.75. The fraction of sp³-hybridized carbons (Fsp3) is 0.118. The Morgan fingerprint density at radius 3 is 2.28 bits per heavy atom. The highest BCUT2D eigenvalue weighted by Gasteiger charge is 2.30. The highest BCUT2D eigenvalue weighted by atomic mass is 19.4. The van der Waals surface area contributed by atoms with Gasteiger partial charge in [0.1, 0.15) is 0 Å². The fourth-order valence-corrected chi connectivity index (χ4v) is 2.19. The molecule has 1 aromatic heterocycles. The number of carbonyl (C=O) groups is 1. The number of amides is 1. The summed E-state index contributed by atoms with van der Waals surface area (Å²) in [6, 6.07) is 13.1. The van der Waals surface area contributed by atoms with Crippen LogP contribution >= 0.6 is 0 Å². The van der Waals surface area contributed by atoms with Crippen LogP contribution in [-0.2, 0) is 13.2 Å². The second kappa shape index (κ2) is 6.39. The van der Waals surface area contributed by atoms with Crippen molar-refractivity contribution in [1.29, 1.82) is 0 Å². The van der Waals surface area contributed by atoms with Gasteiger partial charge in [-0.3, -0.25) is 10.1 Å². The first kappa shape index (κ1) is 16.7. The molecule has 0 unspecified atom stereocenters. The van der Waals surface area contributed by atoms with E-state index in [1.807, 2.05) is 0 Å². The van der Waals surface area contributed by atoms with E-state index in [0.29, 0.717) is 11.1 Å². The number of hydrogen-bond donors (Lipinski definition) is 1. The number of aryl methyl sites for hydroxylation is 1. The molecule has 25 heavy (non-hydrogen) atoms. The minimum absolute atomic E-state index is 0.198. The number of nitrogens with zero attached hydrogens (tertiary/aromatic N) is 3. The zero-order valence-corrected chi connectivity index (χ0v) is 13.1. The van der Waals surface area contributed by atoms with Crippen molar-refractivity contribution in [3.63, 3.8) is 0 Å². The zero-order valence-electron chi connectivity index (χ0n) is 13.1. The average molecular weight is 346 g/mol. The number of carbonyl (C=O) groups excluding carboxylic acids is 1. The quantitative estimate of drug-likeness (QED) is 0.786. The van der Waals surface area contributed by atoms with Gasteiger partial charge >= 0.3 is 6.18 Å². The van der Waals surface area contributed by atoms with Crippen LogP contribution in [0.5, 0.6) is 0 Å². The lowest BCUT2D eigenvalue weighted by atomic mass is 10.1. The van der Waals surface area contributed by atoms with Crippen LogP contribution in [0.3, 0.4) is 0 Å². The third-order valence-corrected chi connectivity index (χ3v) is 3.49. The Kier molecular flexibility index (Phi) is 4.26. The van der Waals surface area contributed by atoms with Crippen molar-refractivity contribution in [2.24, 2.45) is 7.05 Å². The number of rotatable bonds is 3. The molecule has 0 atom stereocenters. The molecular weight excluding hydrogens is 333 g/mol. The molecule has 0 bridgehead atoms. The van der Waals surface area contributed by atoms with E-state index in [1.165, 1.54) is 16.8 Å². The average Bonchev–Trinajstić information content (AvgIpc) is 2.96. The third kappa shape index (κ3) is 3.68. The second-order valence-corrected chi connectivity index (χ2v) is 5.28. The van der Waals surface area contributed by atoms with Gasteiger partial charge in [-0.25, -0.2) is 4.68 Å². The predicted molar refractivity (Wildman–Crippen MR) is 85.8 cm³/mol. The van der Waals surface area contributed by atoms with Gasteiger partial charge in [0, 0.05) is 18.2 Å². The van der Waals surface area contributed by atoms with Crippen molar-refractivity contribution in [1.82, 2.24) is 14.8 Å². The van der Waals surface area contributed by atoms with E-state index < -0.39 is 11.7 Å². The van der Waals surface area contributed by atoms with Crippen LogP contribution in [0.15, 0.2) is 54.6 Å². The normalized spacial score (nSPS) is 11.4. The molecule has 8 heteroatoms. The van der Waals surface area contributed by atoms with Crippen molar-refractivity contribution in [3.8, 4) is 11.4 Å². The molecule has 0 spiro atoms. The molecule has 2 aromatic carbocycles. The van der Waals surface area contributed by atoms with E-state index in [2.05, 4.69) is 15.4 Å². The first-order chi connectivity index (χ1) is 11.8. The van der Waals surface area contributed by atoms with E-state index >= 15 is 0 Å². The largest absolute Gasteiger partial charge is 0.416 e. The first-order valence-corrected chi connectivity index (χ1v) is 7.29. The molecule has 0 aliphatic heterocycles. The SMILES string of the molecule is Cn1nc(-c2ccc(C(F)(F)F)cc2)nc1NC(=O)c1ccccc1. The number of hydrogen-bond acceptors (Lipinski definition) is 3. The van der Waals surface area contributed by atoms with E-state index in [-0.39, 0.29) is 17.7 Å². The zero-order chi connectivity index (χ0) is 18.0. The Labute approximate surface area is 141 Å². The summed E-state index contributed by atoms with van der Waals surface area (Å²) in [6.45, 7) is 0. The number of aromatic nitrogens is 3. The number of benzene rings is 2. The summed E-state index contributed by atoms with van der Waals surface area (Å²) in [7, 11) is 1.58. The Hall–Kier alpha value is -3.16. The Bertz CT molecular complexity index is 887. The summed E-state index contributed by atoms with van der Waals surface area (Å²) < 4.78 is 39.2. The molecule has 5 nitrogen and oxygen atoms in total. The molecule has 0 aliphatic rings. The summed E-state index contributed by atoms with van der Waals surface area (Å²) in [5.41, 5.74) is 0.134. The van der Waals surface area contributed by atoms with Gasteiger partial charge in [0.15, 0.2) is 5.82 Å². The summed E-state index contributed by atoms with van der Waals surface area (Å²) >= 11 is 0. The number of nitrogens with one attached hydrogen (secondary N) is 1. The Morgan fingerprint density at radius 2 is 1.68 bits per heavy atom. The highest BCUT2D eigenvalue weighted by Crippen LogP contribution is 2.30. The van der Waals surface area contributed by atoms with Crippen LogP contribution < -0.4 is 5.32 Å². The van der Waals surface area contributed by atoms with E-state index in [9.17, 15) is 18.0 Å². The summed E-state index contributed by atoms with van der Waals surface area (Å²) in [5.74, 6) is 0.0680. The lowest BCUT2D eigenvalue weighted by Gasteiger charge is -2.06. The molecule has 1 heterocycles. The van der Waals surface area contributed by atoms with Crippen molar-refractivity contribution in [3.05, 3.63) is 65.7 Å². The highest BCUT2D eigenvalue weighted by molar-refractivity contribution is 6.03. The molecule has 0 radical (unpaired) electrons. The standard InChI is InChI=1S/C17H13F3N4O/c1-24-16(22-15(25)12-5-3-2-4-6-12)21-14(23-24)11-7-9-13(10-8-11)17(18,19)20/h2-10H,1H3,(H,21,22,23,25). The minimum atomic E-state index is -4.40. The molecule has 0 fully saturated rings. The number of halogens is 3.